The number of aryl methyl sites for hydroxylation is 1. The molecule has 160 valence electrons. The number of likely N-dealkylation sites (tertiary alicyclic amines) is 1. The van der Waals surface area contributed by atoms with E-state index < -0.39 is 17.9 Å². The van der Waals surface area contributed by atoms with Gasteiger partial charge in [0.2, 0.25) is 11.8 Å². The fourth-order valence-electron chi connectivity index (χ4n) is 5.46. The average molecular weight is 435 g/mol. The Morgan fingerprint density at radius 2 is 1.87 bits per heavy atom. The van der Waals surface area contributed by atoms with Crippen molar-refractivity contribution in [2.24, 2.45) is 11.8 Å². The van der Waals surface area contributed by atoms with E-state index in [0.717, 1.165) is 22.4 Å². The molecule has 2 fully saturated rings. The van der Waals surface area contributed by atoms with Crippen LogP contribution in [-0.4, -0.2) is 40.6 Å². The van der Waals surface area contributed by atoms with Crippen LogP contribution in [0.15, 0.2) is 41.8 Å². The van der Waals surface area contributed by atoms with Gasteiger partial charge in [-0.05, 0) is 56.3 Å². The highest BCUT2D eigenvalue weighted by atomic mass is 32.1. The molecule has 5 atom stereocenters. The molecule has 0 N–H and O–H groups in total. The number of Topliss-reactive ketones (excluding diaryl/α,β-unsaturated/α-hetero) is 1. The lowest BCUT2D eigenvalue weighted by Gasteiger charge is -2.38. The van der Waals surface area contributed by atoms with Gasteiger partial charge in [0.05, 0.1) is 22.8 Å². The van der Waals surface area contributed by atoms with Crippen LogP contribution >= 0.6 is 11.3 Å². The van der Waals surface area contributed by atoms with Gasteiger partial charge in [0.25, 0.3) is 0 Å². The van der Waals surface area contributed by atoms with E-state index in [-0.39, 0.29) is 29.7 Å². The van der Waals surface area contributed by atoms with Crippen LogP contribution in [-0.2, 0) is 9.59 Å². The number of carbonyl (C=O) groups is 3. The number of thiophene rings is 1. The van der Waals surface area contributed by atoms with Crippen LogP contribution in [0.5, 0.6) is 0 Å². The van der Waals surface area contributed by atoms with Crippen LogP contribution in [0.25, 0.3) is 5.57 Å². The van der Waals surface area contributed by atoms with E-state index in [4.69, 9.17) is 0 Å². The molecule has 2 aromatic rings. The van der Waals surface area contributed by atoms with Crippen molar-refractivity contribution in [2.75, 3.05) is 4.90 Å². The highest BCUT2D eigenvalue weighted by Crippen LogP contribution is 2.51. The lowest BCUT2D eigenvalue weighted by molar-refractivity contribution is -0.142. The number of benzene rings is 1. The van der Waals surface area contributed by atoms with Gasteiger partial charge in [0, 0.05) is 17.3 Å². The molecule has 3 aliphatic rings. The fourth-order valence-corrected chi connectivity index (χ4v) is 6.16. The SMILES string of the molecule is CC[C@@H](C)N1C(=O)[C@@H]2[C@H](C1=O)[C@@H]1C=C(C)c3cc(C)ccc3N1[C@@H]2C(=O)c1cccs1. The molecular formula is C25H26N2O3S. The predicted molar refractivity (Wildman–Crippen MR) is 122 cm³/mol. The summed E-state index contributed by atoms with van der Waals surface area (Å²) < 4.78 is 0. The Bertz CT molecular complexity index is 1120. The van der Waals surface area contributed by atoms with Gasteiger partial charge in [-0.2, -0.15) is 0 Å². The maximum Gasteiger partial charge on any atom is 0.236 e. The quantitative estimate of drug-likeness (QED) is 0.531. The summed E-state index contributed by atoms with van der Waals surface area (Å²) >= 11 is 1.39. The summed E-state index contributed by atoms with van der Waals surface area (Å²) in [6.07, 6.45) is 2.79. The summed E-state index contributed by atoms with van der Waals surface area (Å²) in [6.45, 7) is 7.98. The molecule has 0 bridgehead atoms. The van der Waals surface area contributed by atoms with E-state index in [1.165, 1.54) is 16.2 Å². The zero-order valence-electron chi connectivity index (χ0n) is 18.2. The third-order valence-electron chi connectivity index (χ3n) is 7.10. The molecule has 2 saturated heterocycles. The van der Waals surface area contributed by atoms with Gasteiger partial charge in [-0.3, -0.25) is 19.3 Å². The number of ketones is 1. The third-order valence-corrected chi connectivity index (χ3v) is 7.99. The van der Waals surface area contributed by atoms with Crippen molar-refractivity contribution in [3.8, 4) is 0 Å². The van der Waals surface area contributed by atoms with Crippen LogP contribution < -0.4 is 4.90 Å². The van der Waals surface area contributed by atoms with E-state index in [9.17, 15) is 14.4 Å². The second-order valence-electron chi connectivity index (χ2n) is 8.91. The summed E-state index contributed by atoms with van der Waals surface area (Å²) in [4.78, 5) is 44.9. The van der Waals surface area contributed by atoms with E-state index in [1.54, 1.807) is 0 Å². The monoisotopic (exact) mass is 434 g/mol. The fraction of sp³-hybridized carbons (Fsp3) is 0.400. The van der Waals surface area contributed by atoms with E-state index in [2.05, 4.69) is 17.0 Å². The van der Waals surface area contributed by atoms with Gasteiger partial charge in [-0.25, -0.2) is 0 Å². The molecule has 6 heteroatoms. The maximum atomic E-state index is 13.7. The standard InChI is InChI=1S/C25H26N2O3S/c1-5-15(4)26-24(29)20-18-12-14(3)16-11-13(2)8-9-17(16)27(18)22(21(20)25(26)30)23(28)19-7-6-10-31-19/h6-12,15,18,20-22H,5H2,1-4H3/t15-,18+,20-,21-,22+/m1/s1. The normalized spacial score (nSPS) is 27.7. The second kappa shape index (κ2) is 7.16. The minimum absolute atomic E-state index is 0.0703. The van der Waals surface area contributed by atoms with Gasteiger partial charge in [0.15, 0.2) is 5.78 Å². The minimum atomic E-state index is -0.676. The van der Waals surface area contributed by atoms with Gasteiger partial charge in [-0.15, -0.1) is 11.3 Å². The molecule has 3 aliphatic heterocycles. The summed E-state index contributed by atoms with van der Waals surface area (Å²) in [5, 5.41) is 1.88. The number of anilines is 1. The number of fused-ring (bicyclic) bond motifs is 5. The van der Waals surface area contributed by atoms with Gasteiger partial charge in [-0.1, -0.05) is 30.7 Å². The zero-order chi connectivity index (χ0) is 22.0. The van der Waals surface area contributed by atoms with Crippen molar-refractivity contribution >= 4 is 40.2 Å². The number of amides is 2. The van der Waals surface area contributed by atoms with Crippen molar-refractivity contribution in [2.45, 2.75) is 52.2 Å². The van der Waals surface area contributed by atoms with Crippen molar-refractivity contribution in [3.05, 3.63) is 57.8 Å². The Hall–Kier alpha value is -2.73. The lowest BCUT2D eigenvalue weighted by atomic mass is 9.86. The maximum absolute atomic E-state index is 13.7. The van der Waals surface area contributed by atoms with Gasteiger partial charge >= 0.3 is 0 Å². The van der Waals surface area contributed by atoms with Gasteiger partial charge < -0.3 is 4.90 Å². The van der Waals surface area contributed by atoms with E-state index >= 15 is 0 Å². The van der Waals surface area contributed by atoms with Crippen LogP contribution in [0, 0.1) is 18.8 Å². The number of nitrogens with zero attached hydrogens (tertiary/aromatic N) is 2. The molecule has 5 rings (SSSR count). The predicted octanol–water partition coefficient (Wildman–Crippen LogP) is 4.31. The van der Waals surface area contributed by atoms with Crippen molar-refractivity contribution in [1.82, 2.24) is 4.90 Å². The first kappa shape index (κ1) is 20.2. The van der Waals surface area contributed by atoms with E-state index in [0.29, 0.717) is 11.3 Å². The average Bonchev–Trinajstić information content (AvgIpc) is 3.44. The van der Waals surface area contributed by atoms with Crippen LogP contribution in [0.2, 0.25) is 0 Å². The molecule has 0 radical (unpaired) electrons. The number of allylic oxidation sites excluding steroid dienone is 1. The molecule has 0 aliphatic carbocycles. The number of carbonyl (C=O) groups excluding carboxylic acids is 3. The lowest BCUT2D eigenvalue weighted by Crippen LogP contribution is -2.50. The Kier molecular flexibility index (Phi) is 4.66. The number of hydrogen-bond acceptors (Lipinski definition) is 5. The van der Waals surface area contributed by atoms with Crippen molar-refractivity contribution < 1.29 is 14.4 Å². The highest BCUT2D eigenvalue weighted by molar-refractivity contribution is 7.12. The Morgan fingerprint density at radius 3 is 2.55 bits per heavy atom. The third kappa shape index (κ3) is 2.77. The largest absolute Gasteiger partial charge is 0.352 e. The summed E-state index contributed by atoms with van der Waals surface area (Å²) in [7, 11) is 0. The van der Waals surface area contributed by atoms with Crippen LogP contribution in [0.1, 0.15) is 48.0 Å². The molecular weight excluding hydrogens is 408 g/mol. The molecule has 2 amide bonds. The first-order chi connectivity index (χ1) is 14.8. The smallest absolute Gasteiger partial charge is 0.236 e. The highest BCUT2D eigenvalue weighted by Gasteiger charge is 2.64. The van der Waals surface area contributed by atoms with Gasteiger partial charge in [0.1, 0.15) is 6.04 Å². The van der Waals surface area contributed by atoms with Crippen LogP contribution in [0.3, 0.4) is 0 Å². The molecule has 5 nitrogen and oxygen atoms in total. The minimum Gasteiger partial charge on any atom is -0.352 e. The summed E-state index contributed by atoms with van der Waals surface area (Å²) in [6, 6.07) is 8.71. The molecule has 1 aromatic heterocycles. The molecule has 1 aromatic carbocycles. The first-order valence-corrected chi connectivity index (χ1v) is 11.8. The summed E-state index contributed by atoms with van der Waals surface area (Å²) in [5.74, 6) is -1.59. The first-order valence-electron chi connectivity index (χ1n) is 10.9. The van der Waals surface area contributed by atoms with Crippen molar-refractivity contribution in [1.29, 1.82) is 0 Å². The zero-order valence-corrected chi connectivity index (χ0v) is 19.0. The topological polar surface area (TPSA) is 57.7 Å². The summed E-state index contributed by atoms with van der Waals surface area (Å²) in [5.41, 5.74) is 4.24. The Labute approximate surface area is 186 Å². The van der Waals surface area contributed by atoms with Crippen LogP contribution in [0.4, 0.5) is 5.69 Å². The number of rotatable bonds is 4. The molecule has 31 heavy (non-hydrogen) atoms. The second-order valence-corrected chi connectivity index (χ2v) is 9.86. The molecule has 4 heterocycles. The number of imide groups is 1. The Balaban J connectivity index is 1.69. The number of hydrogen-bond donors (Lipinski definition) is 0. The molecule has 0 saturated carbocycles. The van der Waals surface area contributed by atoms with Crippen molar-refractivity contribution in [3.63, 3.8) is 0 Å². The van der Waals surface area contributed by atoms with E-state index in [1.807, 2.05) is 57.3 Å². The molecule has 0 spiro atoms. The Morgan fingerprint density at radius 1 is 1.13 bits per heavy atom. The molecule has 0 unspecified atom stereocenters.